The van der Waals surface area contributed by atoms with Crippen LogP contribution < -0.4 is 0 Å². The predicted octanol–water partition coefficient (Wildman–Crippen LogP) is 2.44. The first kappa shape index (κ1) is 16.0. The van der Waals surface area contributed by atoms with Crippen molar-refractivity contribution in [3.63, 3.8) is 0 Å². The van der Waals surface area contributed by atoms with Crippen LogP contribution >= 0.6 is 11.6 Å². The zero-order chi connectivity index (χ0) is 15.5. The second kappa shape index (κ2) is 6.60. The maximum absolute atomic E-state index is 12.2. The largest absolute Gasteiger partial charge is 0.481 e. The number of hydrogen-bond acceptors (Lipinski definition) is 3. The Labute approximate surface area is 128 Å². The molecule has 21 heavy (non-hydrogen) atoms. The van der Waals surface area contributed by atoms with Crippen molar-refractivity contribution in [3.05, 3.63) is 40.3 Å². The first-order chi connectivity index (χ1) is 9.87. The molecule has 0 spiro atoms. The van der Waals surface area contributed by atoms with Gasteiger partial charge in [-0.1, -0.05) is 23.7 Å². The number of carbonyl (C=O) groups is 1. The Balaban J connectivity index is 2.02. The monoisotopic (exact) mass is 329 g/mol. The van der Waals surface area contributed by atoms with Crippen LogP contribution in [0, 0.1) is 5.92 Å². The first-order valence-corrected chi connectivity index (χ1v) is 8.40. The zero-order valence-corrected chi connectivity index (χ0v) is 12.8. The molecule has 114 valence electrons. The molecule has 1 saturated heterocycles. The zero-order valence-electron chi connectivity index (χ0n) is 11.3. The van der Waals surface area contributed by atoms with Crippen molar-refractivity contribution in [1.29, 1.82) is 0 Å². The average molecular weight is 330 g/mol. The van der Waals surface area contributed by atoms with Gasteiger partial charge in [0, 0.05) is 29.9 Å². The van der Waals surface area contributed by atoms with E-state index in [9.17, 15) is 13.2 Å². The topological polar surface area (TPSA) is 74.7 Å². The molecule has 1 unspecified atom stereocenters. The molecule has 1 fully saturated rings. The molecule has 0 radical (unpaired) electrons. The molecule has 7 heteroatoms. The molecule has 1 aromatic rings. The van der Waals surface area contributed by atoms with Crippen molar-refractivity contribution in [2.24, 2.45) is 5.92 Å². The molecule has 1 atom stereocenters. The van der Waals surface area contributed by atoms with Crippen molar-refractivity contribution >= 4 is 33.7 Å². The molecule has 0 saturated carbocycles. The highest BCUT2D eigenvalue weighted by molar-refractivity contribution is 7.92. The van der Waals surface area contributed by atoms with Gasteiger partial charge in [-0.05, 0) is 36.1 Å². The summed E-state index contributed by atoms with van der Waals surface area (Å²) in [5.41, 5.74) is 0.740. The summed E-state index contributed by atoms with van der Waals surface area (Å²) in [5, 5.41) is 10.5. The van der Waals surface area contributed by atoms with E-state index in [1.54, 1.807) is 24.3 Å². The summed E-state index contributed by atoms with van der Waals surface area (Å²) in [4.78, 5) is 10.7. The molecule has 1 aliphatic rings. The Hall–Kier alpha value is -1.37. The van der Waals surface area contributed by atoms with Crippen LogP contribution in [0.2, 0.25) is 5.02 Å². The fourth-order valence-corrected chi connectivity index (χ4v) is 3.67. The summed E-state index contributed by atoms with van der Waals surface area (Å²) < 4.78 is 25.7. The Bertz CT molecular complexity index is 639. The van der Waals surface area contributed by atoms with E-state index in [1.165, 1.54) is 10.4 Å². The van der Waals surface area contributed by atoms with Crippen LogP contribution in [0.15, 0.2) is 29.7 Å². The lowest BCUT2D eigenvalue weighted by molar-refractivity contribution is -0.137. The molecule has 0 amide bonds. The summed E-state index contributed by atoms with van der Waals surface area (Å²) in [6.45, 7) is 0.630. The lowest BCUT2D eigenvalue weighted by Gasteiger charge is -2.13. The standard InChI is InChI=1S/C14H16ClNO4S/c15-13-3-1-11(2-4-13)6-8-21(19,20)16-7-5-12(10-16)9-14(17)18/h1-4,6,8,12H,5,7,9-10H2,(H,17,18). The number of sulfonamides is 1. The van der Waals surface area contributed by atoms with Crippen molar-refractivity contribution in [1.82, 2.24) is 4.31 Å². The van der Waals surface area contributed by atoms with E-state index in [2.05, 4.69) is 0 Å². The van der Waals surface area contributed by atoms with Crippen molar-refractivity contribution in [2.45, 2.75) is 12.8 Å². The van der Waals surface area contributed by atoms with Gasteiger partial charge in [0.2, 0.25) is 10.0 Å². The number of aliphatic carboxylic acids is 1. The molecule has 1 N–H and O–H groups in total. The van der Waals surface area contributed by atoms with Gasteiger partial charge in [0.1, 0.15) is 0 Å². The predicted molar refractivity (Wildman–Crippen MR) is 81.3 cm³/mol. The molecule has 2 rings (SSSR count). The van der Waals surface area contributed by atoms with E-state index in [4.69, 9.17) is 16.7 Å². The van der Waals surface area contributed by atoms with E-state index in [0.29, 0.717) is 18.0 Å². The van der Waals surface area contributed by atoms with Crippen LogP contribution in [0.3, 0.4) is 0 Å². The van der Waals surface area contributed by atoms with Gasteiger partial charge in [-0.15, -0.1) is 0 Å². The van der Waals surface area contributed by atoms with Crippen LogP contribution in [0.5, 0.6) is 0 Å². The van der Waals surface area contributed by atoms with Crippen molar-refractivity contribution in [3.8, 4) is 0 Å². The number of carboxylic acids is 1. The maximum Gasteiger partial charge on any atom is 0.303 e. The third-order valence-corrected chi connectivity index (χ3v) is 5.16. The highest BCUT2D eigenvalue weighted by Gasteiger charge is 2.30. The number of nitrogens with zero attached hydrogens (tertiary/aromatic N) is 1. The molecule has 0 bridgehead atoms. The first-order valence-electron chi connectivity index (χ1n) is 6.52. The van der Waals surface area contributed by atoms with Gasteiger partial charge in [0.25, 0.3) is 0 Å². The molecule has 1 aromatic carbocycles. The van der Waals surface area contributed by atoms with Crippen LogP contribution in [0.25, 0.3) is 6.08 Å². The van der Waals surface area contributed by atoms with Gasteiger partial charge in [0.15, 0.2) is 0 Å². The lowest BCUT2D eigenvalue weighted by Crippen LogP contribution is -2.27. The molecule has 1 aliphatic heterocycles. The van der Waals surface area contributed by atoms with E-state index in [-0.39, 0.29) is 18.9 Å². The molecule has 1 heterocycles. The molecular weight excluding hydrogens is 314 g/mol. The van der Waals surface area contributed by atoms with Crippen molar-refractivity contribution in [2.75, 3.05) is 13.1 Å². The number of rotatable bonds is 5. The van der Waals surface area contributed by atoms with E-state index in [1.807, 2.05) is 0 Å². The van der Waals surface area contributed by atoms with Gasteiger partial charge in [-0.2, -0.15) is 4.31 Å². The fourth-order valence-electron chi connectivity index (χ4n) is 2.27. The minimum Gasteiger partial charge on any atom is -0.481 e. The summed E-state index contributed by atoms with van der Waals surface area (Å²) in [6, 6.07) is 6.83. The van der Waals surface area contributed by atoms with Crippen molar-refractivity contribution < 1.29 is 18.3 Å². The minimum absolute atomic E-state index is 0.00686. The Morgan fingerprint density at radius 1 is 1.38 bits per heavy atom. The molecule has 0 aliphatic carbocycles. The van der Waals surface area contributed by atoms with Gasteiger partial charge < -0.3 is 5.11 Å². The highest BCUT2D eigenvalue weighted by Crippen LogP contribution is 2.23. The average Bonchev–Trinajstić information content (AvgIpc) is 2.86. The number of benzene rings is 1. The van der Waals surface area contributed by atoms with E-state index < -0.39 is 16.0 Å². The molecule has 0 aromatic heterocycles. The SMILES string of the molecule is O=C(O)CC1CCN(S(=O)(=O)C=Cc2ccc(Cl)cc2)C1. The van der Waals surface area contributed by atoms with Gasteiger partial charge in [0.05, 0.1) is 0 Å². The summed E-state index contributed by atoms with van der Waals surface area (Å²) in [5.74, 6) is -1.00. The highest BCUT2D eigenvalue weighted by atomic mass is 35.5. The second-order valence-corrected chi connectivity index (χ2v) is 7.26. The third kappa shape index (κ3) is 4.56. The number of halogens is 1. The van der Waals surface area contributed by atoms with Gasteiger partial charge in [-0.25, -0.2) is 8.42 Å². The van der Waals surface area contributed by atoms with Crippen LogP contribution in [-0.4, -0.2) is 36.9 Å². The Morgan fingerprint density at radius 2 is 2.05 bits per heavy atom. The summed E-state index contributed by atoms with van der Waals surface area (Å²) >= 11 is 5.76. The minimum atomic E-state index is -3.51. The molecule has 5 nitrogen and oxygen atoms in total. The van der Waals surface area contributed by atoms with Gasteiger partial charge in [-0.3, -0.25) is 4.79 Å². The lowest BCUT2D eigenvalue weighted by atomic mass is 10.1. The molecular formula is C14H16ClNO4S. The Morgan fingerprint density at radius 3 is 2.67 bits per heavy atom. The van der Waals surface area contributed by atoms with Gasteiger partial charge >= 0.3 is 5.97 Å². The normalized spacial score (nSPS) is 20.1. The smallest absolute Gasteiger partial charge is 0.303 e. The van der Waals surface area contributed by atoms with Crippen LogP contribution in [-0.2, 0) is 14.8 Å². The van der Waals surface area contributed by atoms with E-state index in [0.717, 1.165) is 11.0 Å². The number of hydrogen-bond donors (Lipinski definition) is 1. The summed E-state index contributed by atoms with van der Waals surface area (Å²) in [6.07, 6.45) is 2.10. The van der Waals surface area contributed by atoms with E-state index >= 15 is 0 Å². The second-order valence-electron chi connectivity index (χ2n) is 5.01. The van der Waals surface area contributed by atoms with Crippen LogP contribution in [0.1, 0.15) is 18.4 Å². The summed E-state index contributed by atoms with van der Waals surface area (Å²) in [7, 11) is -3.51. The third-order valence-electron chi connectivity index (χ3n) is 3.37. The quantitative estimate of drug-likeness (QED) is 0.900. The Kier molecular flexibility index (Phi) is 5.03. The maximum atomic E-state index is 12.2. The van der Waals surface area contributed by atoms with Crippen LogP contribution in [0.4, 0.5) is 0 Å². The fraction of sp³-hybridized carbons (Fsp3) is 0.357. The number of carboxylic acid groups (broad SMARTS) is 1.